The standard InChI is InChI=1S/C18H19Cl2N3/c19-17-6-3-4-15(12-17)13-21-23-10-8-22(9-11-23)14-16-5-1-2-7-18(16)20/h1-7,12-13H,8-11,14H2. The summed E-state index contributed by atoms with van der Waals surface area (Å²) >= 11 is 12.2. The second-order valence-electron chi connectivity index (χ2n) is 5.62. The van der Waals surface area contributed by atoms with Crippen molar-refractivity contribution in [2.75, 3.05) is 26.2 Å². The minimum atomic E-state index is 0.735. The van der Waals surface area contributed by atoms with Crippen molar-refractivity contribution in [3.63, 3.8) is 0 Å². The zero-order chi connectivity index (χ0) is 16.1. The summed E-state index contributed by atoms with van der Waals surface area (Å²) in [7, 11) is 0. The number of rotatable bonds is 4. The second kappa shape index (κ2) is 7.82. The van der Waals surface area contributed by atoms with Crippen LogP contribution in [0.5, 0.6) is 0 Å². The number of benzene rings is 2. The van der Waals surface area contributed by atoms with Gasteiger partial charge < -0.3 is 0 Å². The molecule has 0 aliphatic carbocycles. The lowest BCUT2D eigenvalue weighted by Gasteiger charge is -2.33. The number of hydrazone groups is 1. The van der Waals surface area contributed by atoms with Crippen molar-refractivity contribution in [3.05, 3.63) is 69.7 Å². The average Bonchev–Trinajstić information content (AvgIpc) is 2.56. The molecule has 2 aromatic carbocycles. The van der Waals surface area contributed by atoms with Gasteiger partial charge in [0.2, 0.25) is 0 Å². The summed E-state index contributed by atoms with van der Waals surface area (Å²) in [6, 6.07) is 15.8. The molecule has 23 heavy (non-hydrogen) atoms. The number of halogens is 2. The van der Waals surface area contributed by atoms with Crippen LogP contribution in [0.2, 0.25) is 10.0 Å². The molecular formula is C18H19Cl2N3. The highest BCUT2D eigenvalue weighted by molar-refractivity contribution is 6.31. The summed E-state index contributed by atoms with van der Waals surface area (Å²) in [5.41, 5.74) is 2.21. The molecule has 3 nitrogen and oxygen atoms in total. The third-order valence-corrected chi connectivity index (χ3v) is 4.52. The molecule has 120 valence electrons. The van der Waals surface area contributed by atoms with Crippen molar-refractivity contribution in [2.45, 2.75) is 6.54 Å². The fourth-order valence-corrected chi connectivity index (χ4v) is 3.01. The summed E-state index contributed by atoms with van der Waals surface area (Å²) in [4.78, 5) is 2.41. The van der Waals surface area contributed by atoms with Crippen LogP contribution >= 0.6 is 23.2 Å². The summed E-state index contributed by atoms with van der Waals surface area (Å²) in [5, 5.41) is 8.23. The van der Waals surface area contributed by atoms with E-state index in [1.165, 1.54) is 5.56 Å². The average molecular weight is 348 g/mol. The van der Waals surface area contributed by atoms with Crippen molar-refractivity contribution in [2.24, 2.45) is 5.10 Å². The maximum Gasteiger partial charge on any atom is 0.0543 e. The monoisotopic (exact) mass is 347 g/mol. The predicted molar refractivity (Wildman–Crippen MR) is 97.3 cm³/mol. The van der Waals surface area contributed by atoms with Crippen LogP contribution in [0.1, 0.15) is 11.1 Å². The molecule has 1 heterocycles. The quantitative estimate of drug-likeness (QED) is 0.773. The van der Waals surface area contributed by atoms with Crippen LogP contribution in [0.25, 0.3) is 0 Å². The molecule has 0 atom stereocenters. The molecule has 0 spiro atoms. The van der Waals surface area contributed by atoms with Crippen LogP contribution < -0.4 is 0 Å². The van der Waals surface area contributed by atoms with Crippen LogP contribution in [0.4, 0.5) is 0 Å². The second-order valence-corrected chi connectivity index (χ2v) is 6.46. The molecule has 0 radical (unpaired) electrons. The summed E-state index contributed by atoms with van der Waals surface area (Å²) in [6.07, 6.45) is 1.87. The van der Waals surface area contributed by atoms with E-state index in [1.54, 1.807) is 0 Å². The Morgan fingerprint density at radius 1 is 0.957 bits per heavy atom. The molecule has 1 aliphatic rings. The van der Waals surface area contributed by atoms with E-state index in [2.05, 4.69) is 21.1 Å². The van der Waals surface area contributed by atoms with Gasteiger partial charge in [-0.25, -0.2) is 0 Å². The Balaban J connectivity index is 1.51. The predicted octanol–water partition coefficient (Wildman–Crippen LogP) is 4.15. The maximum absolute atomic E-state index is 6.23. The number of hydrogen-bond donors (Lipinski definition) is 0. The van der Waals surface area contributed by atoms with E-state index in [9.17, 15) is 0 Å². The van der Waals surface area contributed by atoms with Gasteiger partial charge >= 0.3 is 0 Å². The third kappa shape index (κ3) is 4.71. The number of piperazine rings is 1. The maximum atomic E-state index is 6.23. The van der Waals surface area contributed by atoms with Crippen molar-refractivity contribution < 1.29 is 0 Å². The van der Waals surface area contributed by atoms with E-state index in [1.807, 2.05) is 48.7 Å². The van der Waals surface area contributed by atoms with E-state index >= 15 is 0 Å². The Morgan fingerprint density at radius 2 is 1.74 bits per heavy atom. The lowest BCUT2D eigenvalue weighted by atomic mass is 10.2. The first-order chi connectivity index (χ1) is 11.2. The highest BCUT2D eigenvalue weighted by Gasteiger charge is 2.16. The van der Waals surface area contributed by atoms with Gasteiger partial charge in [-0.3, -0.25) is 9.91 Å². The van der Waals surface area contributed by atoms with E-state index in [0.717, 1.165) is 48.3 Å². The first-order valence-electron chi connectivity index (χ1n) is 7.71. The van der Waals surface area contributed by atoms with Crippen LogP contribution in [-0.2, 0) is 6.54 Å². The molecular weight excluding hydrogens is 329 g/mol. The molecule has 0 unspecified atom stereocenters. The Hall–Kier alpha value is -1.55. The zero-order valence-electron chi connectivity index (χ0n) is 12.8. The molecule has 0 N–H and O–H groups in total. The molecule has 0 saturated carbocycles. The molecule has 5 heteroatoms. The Bertz CT molecular complexity index is 679. The van der Waals surface area contributed by atoms with Crippen LogP contribution in [0.15, 0.2) is 53.6 Å². The van der Waals surface area contributed by atoms with E-state index in [0.29, 0.717) is 0 Å². The third-order valence-electron chi connectivity index (χ3n) is 3.92. The summed E-state index contributed by atoms with van der Waals surface area (Å²) in [6.45, 7) is 4.70. The van der Waals surface area contributed by atoms with E-state index < -0.39 is 0 Å². The summed E-state index contributed by atoms with van der Waals surface area (Å²) < 4.78 is 0. The Morgan fingerprint density at radius 3 is 2.48 bits per heavy atom. The smallest absolute Gasteiger partial charge is 0.0543 e. The van der Waals surface area contributed by atoms with Crippen molar-refractivity contribution in [1.29, 1.82) is 0 Å². The van der Waals surface area contributed by atoms with Gasteiger partial charge in [0, 0.05) is 42.8 Å². The molecule has 0 amide bonds. The molecule has 1 fully saturated rings. The van der Waals surface area contributed by atoms with Gasteiger partial charge in [-0.2, -0.15) is 5.10 Å². The van der Waals surface area contributed by atoms with Gasteiger partial charge in [-0.1, -0.05) is 53.5 Å². The minimum Gasteiger partial charge on any atom is -0.295 e. The van der Waals surface area contributed by atoms with Crippen LogP contribution in [0.3, 0.4) is 0 Å². The highest BCUT2D eigenvalue weighted by Crippen LogP contribution is 2.18. The van der Waals surface area contributed by atoms with Gasteiger partial charge in [0.25, 0.3) is 0 Å². The summed E-state index contributed by atoms with van der Waals surface area (Å²) in [5.74, 6) is 0. The SMILES string of the molecule is Clc1cccc(C=NN2CCN(Cc3ccccc3Cl)CC2)c1. The van der Waals surface area contributed by atoms with Gasteiger partial charge in [0.1, 0.15) is 0 Å². The molecule has 1 aliphatic heterocycles. The van der Waals surface area contributed by atoms with Crippen molar-refractivity contribution in [1.82, 2.24) is 9.91 Å². The minimum absolute atomic E-state index is 0.735. The zero-order valence-corrected chi connectivity index (χ0v) is 14.3. The van der Waals surface area contributed by atoms with Gasteiger partial charge in [-0.05, 0) is 29.3 Å². The lowest BCUT2D eigenvalue weighted by Crippen LogP contribution is -2.43. The molecule has 0 aromatic heterocycles. The number of nitrogens with zero attached hydrogens (tertiary/aromatic N) is 3. The van der Waals surface area contributed by atoms with E-state index in [-0.39, 0.29) is 0 Å². The van der Waals surface area contributed by atoms with Crippen molar-refractivity contribution >= 4 is 29.4 Å². The first kappa shape index (κ1) is 16.3. The molecule has 3 rings (SSSR count). The Labute approximate surface area is 147 Å². The topological polar surface area (TPSA) is 18.8 Å². The number of hydrogen-bond acceptors (Lipinski definition) is 3. The molecule has 1 saturated heterocycles. The Kier molecular flexibility index (Phi) is 5.55. The highest BCUT2D eigenvalue weighted by atomic mass is 35.5. The van der Waals surface area contributed by atoms with E-state index in [4.69, 9.17) is 23.2 Å². The lowest BCUT2D eigenvalue weighted by molar-refractivity contribution is 0.131. The van der Waals surface area contributed by atoms with Gasteiger partial charge in [0.05, 0.1) is 6.21 Å². The van der Waals surface area contributed by atoms with Gasteiger partial charge in [0.15, 0.2) is 0 Å². The van der Waals surface area contributed by atoms with Crippen LogP contribution in [-0.4, -0.2) is 42.3 Å². The first-order valence-corrected chi connectivity index (χ1v) is 8.46. The van der Waals surface area contributed by atoms with Crippen LogP contribution in [0, 0.1) is 0 Å². The fourth-order valence-electron chi connectivity index (χ4n) is 2.61. The van der Waals surface area contributed by atoms with Crippen molar-refractivity contribution in [3.8, 4) is 0 Å². The largest absolute Gasteiger partial charge is 0.295 e. The van der Waals surface area contributed by atoms with Gasteiger partial charge in [-0.15, -0.1) is 0 Å². The molecule has 2 aromatic rings. The fraction of sp³-hybridized carbons (Fsp3) is 0.278. The molecule has 0 bridgehead atoms. The normalized spacial score (nSPS) is 16.2.